The summed E-state index contributed by atoms with van der Waals surface area (Å²) in [4.78, 5) is 34.0. The highest BCUT2D eigenvalue weighted by molar-refractivity contribution is 7.89. The van der Waals surface area contributed by atoms with E-state index in [0.29, 0.717) is 30.4 Å². The number of hydrogen-bond acceptors (Lipinski definition) is 11. The van der Waals surface area contributed by atoms with E-state index in [1.54, 1.807) is 42.5 Å². The van der Waals surface area contributed by atoms with E-state index in [-0.39, 0.29) is 54.4 Å². The molecular weight excluding hydrogens is 772 g/mol. The molecule has 2 atom stereocenters. The number of ether oxygens (including phenoxy) is 3. The number of nitrogens with two attached hydrogens (primary N) is 1. The molecule has 2 amide bonds. The number of piperidine rings is 1. The maximum absolute atomic E-state index is 13.7. The summed E-state index contributed by atoms with van der Waals surface area (Å²) in [5.41, 5.74) is 6.35. The van der Waals surface area contributed by atoms with Gasteiger partial charge in [0.1, 0.15) is 18.5 Å². The highest BCUT2D eigenvalue weighted by Gasteiger charge is 2.46. The van der Waals surface area contributed by atoms with Crippen molar-refractivity contribution in [1.82, 2.24) is 19.7 Å². The average Bonchev–Trinajstić information content (AvgIpc) is 3.56. The van der Waals surface area contributed by atoms with Gasteiger partial charge in [0.2, 0.25) is 20.0 Å². The number of esters is 1. The molecule has 1 unspecified atom stereocenters. The largest absolute Gasteiger partial charge is 0.490 e. The molecule has 2 fully saturated rings. The van der Waals surface area contributed by atoms with Crippen LogP contribution in [0.3, 0.4) is 0 Å². The number of nitrogens with zero attached hydrogens (tertiary/aromatic N) is 1. The number of halogens is 3. The van der Waals surface area contributed by atoms with E-state index >= 15 is 0 Å². The Balaban J connectivity index is 1.16. The van der Waals surface area contributed by atoms with Crippen LogP contribution in [0.15, 0.2) is 82.6 Å². The summed E-state index contributed by atoms with van der Waals surface area (Å²) >= 11 is 0. The van der Waals surface area contributed by atoms with Gasteiger partial charge in [0.15, 0.2) is 0 Å². The molecule has 2 aliphatic rings. The van der Waals surface area contributed by atoms with Crippen LogP contribution in [0.4, 0.5) is 13.2 Å². The molecule has 2 aliphatic heterocycles. The zero-order valence-electron chi connectivity index (χ0n) is 29.5. The van der Waals surface area contributed by atoms with Crippen LogP contribution >= 0.6 is 0 Å². The molecule has 0 aromatic heterocycles. The molecule has 5 rings (SSSR count). The van der Waals surface area contributed by atoms with Gasteiger partial charge in [-0.2, -0.15) is 17.5 Å². The Morgan fingerprint density at radius 3 is 2.29 bits per heavy atom. The van der Waals surface area contributed by atoms with Crippen molar-refractivity contribution < 1.29 is 58.6 Å². The lowest BCUT2D eigenvalue weighted by Crippen LogP contribution is -2.47. The van der Waals surface area contributed by atoms with Crippen molar-refractivity contribution in [3.8, 4) is 16.9 Å². The van der Waals surface area contributed by atoms with Gasteiger partial charge in [-0.15, -0.1) is 0 Å². The predicted molar refractivity (Wildman–Crippen MR) is 190 cm³/mol. The fourth-order valence-electron chi connectivity index (χ4n) is 6.22. The van der Waals surface area contributed by atoms with Crippen LogP contribution in [0.1, 0.15) is 24.8 Å². The van der Waals surface area contributed by atoms with E-state index in [1.807, 2.05) is 0 Å². The summed E-state index contributed by atoms with van der Waals surface area (Å²) in [6.45, 7) is -0.180. The second-order valence-electron chi connectivity index (χ2n) is 13.0. The predicted octanol–water partition coefficient (Wildman–Crippen LogP) is 1.82. The molecule has 3 aromatic rings. The molecule has 3 aromatic carbocycles. The van der Waals surface area contributed by atoms with E-state index < -0.39 is 62.3 Å². The Kier molecular flexibility index (Phi) is 12.9. The molecule has 0 radical (unpaired) electrons. The number of benzene rings is 3. The van der Waals surface area contributed by atoms with E-state index in [9.17, 15) is 44.4 Å². The Bertz CT molecular complexity index is 2090. The number of alkyl halides is 3. The average molecular weight is 812 g/mol. The lowest BCUT2D eigenvalue weighted by molar-refractivity contribution is -0.205. The first kappa shape index (κ1) is 41.6. The van der Waals surface area contributed by atoms with Crippen LogP contribution in [0.2, 0.25) is 0 Å². The van der Waals surface area contributed by atoms with Crippen molar-refractivity contribution >= 4 is 37.8 Å². The number of hydrogen-bond donors (Lipinski definition) is 4. The first-order chi connectivity index (χ1) is 25.9. The minimum Gasteiger partial charge on any atom is -0.490 e. The van der Waals surface area contributed by atoms with E-state index in [4.69, 9.17) is 15.2 Å². The molecule has 2 heterocycles. The SMILES string of the molecule is CNS(=O)(=O)c1cccc(OC[C@H](CNC2COC3(CCN(S(=O)(=O)c4cccc(-c5ccc(CNC(=O)C(N)=O)cc5)c4)CC3)C2)OC(=O)C(F)(F)F)c1. The summed E-state index contributed by atoms with van der Waals surface area (Å²) < 4.78 is 111. The number of amides is 2. The molecule has 0 bridgehead atoms. The second-order valence-corrected chi connectivity index (χ2v) is 16.8. The third-order valence-electron chi connectivity index (χ3n) is 9.24. The van der Waals surface area contributed by atoms with Crippen LogP contribution in [0.25, 0.3) is 11.1 Å². The van der Waals surface area contributed by atoms with Crippen molar-refractivity contribution in [2.45, 2.75) is 59.5 Å². The zero-order valence-corrected chi connectivity index (χ0v) is 31.1. The molecule has 298 valence electrons. The maximum atomic E-state index is 13.7. The highest BCUT2D eigenvalue weighted by Crippen LogP contribution is 2.38. The third kappa shape index (κ3) is 10.6. The van der Waals surface area contributed by atoms with E-state index in [0.717, 1.165) is 5.56 Å². The summed E-state index contributed by atoms with van der Waals surface area (Å²) in [5, 5.41) is 5.47. The Morgan fingerprint density at radius 2 is 1.64 bits per heavy atom. The number of nitrogens with one attached hydrogen (secondary N) is 3. The maximum Gasteiger partial charge on any atom is 0.490 e. The fraction of sp³-hybridized carbons (Fsp3) is 0.400. The number of rotatable bonds is 14. The molecule has 20 heteroatoms. The molecule has 2 saturated heterocycles. The summed E-state index contributed by atoms with van der Waals surface area (Å²) in [5.74, 6) is -4.37. The summed E-state index contributed by atoms with van der Waals surface area (Å²) in [6, 6.07) is 18.4. The van der Waals surface area contributed by atoms with Gasteiger partial charge in [0.25, 0.3) is 0 Å². The lowest BCUT2D eigenvalue weighted by Gasteiger charge is -2.38. The van der Waals surface area contributed by atoms with Crippen molar-refractivity contribution in [2.75, 3.05) is 39.9 Å². The van der Waals surface area contributed by atoms with E-state index in [2.05, 4.69) is 20.1 Å². The highest BCUT2D eigenvalue weighted by atomic mass is 32.2. The van der Waals surface area contributed by atoms with Crippen LogP contribution in [-0.4, -0.2) is 103 Å². The molecule has 5 N–H and O–H groups in total. The molecule has 0 saturated carbocycles. The molecule has 15 nitrogen and oxygen atoms in total. The van der Waals surface area contributed by atoms with Gasteiger partial charge >= 0.3 is 24.0 Å². The monoisotopic (exact) mass is 811 g/mol. The topological polar surface area (TPSA) is 213 Å². The van der Waals surface area contributed by atoms with E-state index in [1.165, 1.54) is 41.7 Å². The third-order valence-corrected chi connectivity index (χ3v) is 12.5. The van der Waals surface area contributed by atoms with Gasteiger partial charge in [-0.3, -0.25) is 9.59 Å². The van der Waals surface area contributed by atoms with Crippen LogP contribution in [0, 0.1) is 0 Å². The quantitative estimate of drug-likeness (QED) is 0.136. The van der Waals surface area contributed by atoms with Crippen molar-refractivity contribution in [3.05, 3.63) is 78.4 Å². The molecule has 55 heavy (non-hydrogen) atoms. The first-order valence-electron chi connectivity index (χ1n) is 17.0. The van der Waals surface area contributed by atoms with Crippen LogP contribution < -0.4 is 25.8 Å². The van der Waals surface area contributed by atoms with Crippen molar-refractivity contribution in [2.24, 2.45) is 5.73 Å². The van der Waals surface area contributed by atoms with Crippen molar-refractivity contribution in [1.29, 1.82) is 0 Å². The Morgan fingerprint density at radius 1 is 0.964 bits per heavy atom. The fourth-order valence-corrected chi connectivity index (χ4v) is 8.47. The number of carbonyl (C=O) groups is 3. The first-order valence-corrected chi connectivity index (χ1v) is 19.9. The number of carbonyl (C=O) groups excluding carboxylic acids is 3. The number of primary amides is 1. The van der Waals surface area contributed by atoms with Gasteiger partial charge in [-0.1, -0.05) is 42.5 Å². The van der Waals surface area contributed by atoms with Crippen LogP contribution in [0.5, 0.6) is 5.75 Å². The van der Waals surface area contributed by atoms with Crippen LogP contribution in [-0.2, 0) is 50.4 Å². The van der Waals surface area contributed by atoms with Gasteiger partial charge < -0.3 is 30.6 Å². The Labute approximate surface area is 315 Å². The van der Waals surface area contributed by atoms with Gasteiger partial charge in [-0.05, 0) is 67.3 Å². The van der Waals surface area contributed by atoms with Crippen molar-refractivity contribution in [3.63, 3.8) is 0 Å². The van der Waals surface area contributed by atoms with Gasteiger partial charge in [-0.25, -0.2) is 26.4 Å². The second kappa shape index (κ2) is 17.0. The molecule has 0 aliphatic carbocycles. The minimum absolute atomic E-state index is 0.0299. The molecule has 1 spiro atoms. The number of sulfonamides is 2. The van der Waals surface area contributed by atoms with Gasteiger partial charge in [0.05, 0.1) is 22.0 Å². The molecular formula is C35H40F3N5O10S2. The Hall–Kier alpha value is -4.60. The minimum atomic E-state index is -5.25. The normalized spacial score (nSPS) is 18.1. The lowest BCUT2D eigenvalue weighted by atomic mass is 9.88. The van der Waals surface area contributed by atoms with Gasteiger partial charge in [0, 0.05) is 38.3 Å². The standard InChI is InChI=1S/C35H40F3N5O10S2/c1-40-54(47,48)29-6-3-5-27(17-29)51-22-28(53-33(46)35(36,37)38)20-41-26-18-34(52-21-26)12-14-43(15-13-34)55(49,50)30-7-2-4-25(16-30)24-10-8-23(9-11-24)19-42-32(45)31(39)44/h2-11,16-17,26,28,40-41H,12-15,18-22H2,1H3,(H2,39,44)(H,42,45)/t26?,28-/m0/s1. The smallest absolute Gasteiger partial charge is 0.490 e. The summed E-state index contributed by atoms with van der Waals surface area (Å²) in [6.07, 6.45) is -5.52. The zero-order chi connectivity index (χ0) is 40.0. The summed E-state index contributed by atoms with van der Waals surface area (Å²) in [7, 11) is -6.50.